The minimum absolute atomic E-state index is 0.0678. The van der Waals surface area contributed by atoms with Gasteiger partial charge in [-0.25, -0.2) is 0 Å². The van der Waals surface area contributed by atoms with E-state index in [1.54, 1.807) is 0 Å². The summed E-state index contributed by atoms with van der Waals surface area (Å²) < 4.78 is 0. The van der Waals surface area contributed by atoms with Gasteiger partial charge in [-0.3, -0.25) is 20.3 Å². The Bertz CT molecular complexity index is 807. The van der Waals surface area contributed by atoms with Gasteiger partial charge in [0.05, 0.1) is 23.3 Å². The number of para-hydroxylation sites is 1. The minimum Gasteiger partial charge on any atom is -0.286 e. The molecule has 0 aliphatic rings. The highest BCUT2D eigenvalue weighted by Crippen LogP contribution is 2.16. The van der Waals surface area contributed by atoms with Gasteiger partial charge in [0.15, 0.2) is 0 Å². The first-order valence-electron chi connectivity index (χ1n) is 7.73. The third kappa shape index (κ3) is 3.34. The molecular formula is C18H20N4O. The quantitative estimate of drug-likeness (QED) is 0.712. The van der Waals surface area contributed by atoms with Gasteiger partial charge in [0.2, 0.25) is 5.91 Å². The van der Waals surface area contributed by atoms with Crippen molar-refractivity contribution in [1.29, 1.82) is 0 Å². The van der Waals surface area contributed by atoms with Gasteiger partial charge in [-0.05, 0) is 32.0 Å². The van der Waals surface area contributed by atoms with Crippen molar-refractivity contribution in [2.45, 2.75) is 20.3 Å². The number of rotatable bonds is 5. The standard InChI is InChI=1S/C18H20N4O/c1-3-22(14-10-8-13(2)9-11-14)21-18(23)12-17-15-6-4-5-7-16(15)19-20-17/h4-11H,3,12H2,1-2H3,(H,19,20)(H,21,23). The highest BCUT2D eigenvalue weighted by atomic mass is 16.2. The van der Waals surface area contributed by atoms with Gasteiger partial charge in [0.25, 0.3) is 0 Å². The van der Waals surface area contributed by atoms with Crippen molar-refractivity contribution in [1.82, 2.24) is 15.6 Å². The molecule has 0 bridgehead atoms. The molecule has 1 heterocycles. The van der Waals surface area contributed by atoms with E-state index >= 15 is 0 Å². The number of nitrogens with one attached hydrogen (secondary N) is 2. The third-order valence-electron chi connectivity index (χ3n) is 3.80. The van der Waals surface area contributed by atoms with Gasteiger partial charge in [-0.15, -0.1) is 0 Å². The SMILES string of the molecule is CCN(NC(=O)Cc1[nH]nc2ccccc12)c1ccc(C)cc1. The highest BCUT2D eigenvalue weighted by Gasteiger charge is 2.12. The van der Waals surface area contributed by atoms with Crippen molar-refractivity contribution in [3.63, 3.8) is 0 Å². The summed E-state index contributed by atoms with van der Waals surface area (Å²) in [5, 5.41) is 10.0. The number of aromatic amines is 1. The number of fused-ring (bicyclic) bond motifs is 1. The van der Waals surface area contributed by atoms with Crippen LogP contribution in [0.25, 0.3) is 10.9 Å². The summed E-state index contributed by atoms with van der Waals surface area (Å²) in [6, 6.07) is 15.9. The van der Waals surface area contributed by atoms with E-state index in [1.165, 1.54) is 5.56 Å². The number of aromatic nitrogens is 2. The van der Waals surface area contributed by atoms with Crippen molar-refractivity contribution < 1.29 is 4.79 Å². The van der Waals surface area contributed by atoms with E-state index in [2.05, 4.69) is 15.6 Å². The van der Waals surface area contributed by atoms with Crippen LogP contribution in [0.3, 0.4) is 0 Å². The second kappa shape index (κ2) is 6.52. The summed E-state index contributed by atoms with van der Waals surface area (Å²) in [5.41, 5.74) is 6.83. The van der Waals surface area contributed by atoms with Crippen LogP contribution < -0.4 is 10.4 Å². The van der Waals surface area contributed by atoms with Gasteiger partial charge in [-0.1, -0.05) is 35.9 Å². The molecule has 1 aromatic heterocycles. The zero-order chi connectivity index (χ0) is 16.2. The Morgan fingerprint density at radius 2 is 1.91 bits per heavy atom. The van der Waals surface area contributed by atoms with Gasteiger partial charge >= 0.3 is 0 Å². The molecule has 5 nitrogen and oxygen atoms in total. The maximum absolute atomic E-state index is 12.4. The van der Waals surface area contributed by atoms with Crippen LogP contribution in [-0.4, -0.2) is 22.6 Å². The van der Waals surface area contributed by atoms with E-state index in [1.807, 2.05) is 67.4 Å². The summed E-state index contributed by atoms with van der Waals surface area (Å²) >= 11 is 0. The molecule has 0 spiro atoms. The molecule has 1 amide bonds. The summed E-state index contributed by atoms with van der Waals surface area (Å²) in [6.45, 7) is 4.74. The first-order valence-corrected chi connectivity index (χ1v) is 7.73. The fourth-order valence-electron chi connectivity index (χ4n) is 2.55. The predicted molar refractivity (Wildman–Crippen MR) is 92.1 cm³/mol. The summed E-state index contributed by atoms with van der Waals surface area (Å²) in [5.74, 6) is -0.0678. The Balaban J connectivity index is 1.71. The second-order valence-corrected chi connectivity index (χ2v) is 5.51. The monoisotopic (exact) mass is 308 g/mol. The lowest BCUT2D eigenvalue weighted by Gasteiger charge is -2.23. The maximum atomic E-state index is 12.4. The zero-order valence-electron chi connectivity index (χ0n) is 13.3. The molecular weight excluding hydrogens is 288 g/mol. The molecule has 0 radical (unpaired) electrons. The number of hydrazine groups is 1. The Kier molecular flexibility index (Phi) is 4.28. The first kappa shape index (κ1) is 15.1. The van der Waals surface area contributed by atoms with Crippen LogP contribution in [0.5, 0.6) is 0 Å². The molecule has 23 heavy (non-hydrogen) atoms. The van der Waals surface area contributed by atoms with Gasteiger partial charge in [-0.2, -0.15) is 5.10 Å². The number of hydrogen-bond acceptors (Lipinski definition) is 3. The normalized spacial score (nSPS) is 10.7. The molecule has 2 aromatic carbocycles. The van der Waals surface area contributed by atoms with E-state index in [-0.39, 0.29) is 12.3 Å². The number of amides is 1. The largest absolute Gasteiger partial charge is 0.286 e. The van der Waals surface area contributed by atoms with Crippen LogP contribution in [0.2, 0.25) is 0 Å². The lowest BCUT2D eigenvalue weighted by molar-refractivity contribution is -0.120. The molecule has 0 aliphatic heterocycles. The Morgan fingerprint density at radius 1 is 1.17 bits per heavy atom. The van der Waals surface area contributed by atoms with Gasteiger partial charge in [0, 0.05) is 11.9 Å². The van der Waals surface area contributed by atoms with E-state index in [4.69, 9.17) is 0 Å². The smallest absolute Gasteiger partial charge is 0.244 e. The molecule has 0 saturated heterocycles. The highest BCUT2D eigenvalue weighted by molar-refractivity contribution is 5.87. The van der Waals surface area contributed by atoms with Crippen LogP contribution in [0, 0.1) is 6.92 Å². The molecule has 3 aromatic rings. The van der Waals surface area contributed by atoms with Crippen molar-refractivity contribution >= 4 is 22.5 Å². The van der Waals surface area contributed by atoms with E-state index in [0.717, 1.165) is 22.3 Å². The number of aryl methyl sites for hydroxylation is 1. The predicted octanol–water partition coefficient (Wildman–Crippen LogP) is 2.97. The number of anilines is 1. The van der Waals surface area contributed by atoms with Crippen LogP contribution >= 0.6 is 0 Å². The summed E-state index contributed by atoms with van der Waals surface area (Å²) in [7, 11) is 0. The third-order valence-corrected chi connectivity index (χ3v) is 3.80. The van der Waals surface area contributed by atoms with Gasteiger partial charge < -0.3 is 0 Å². The van der Waals surface area contributed by atoms with Gasteiger partial charge in [0.1, 0.15) is 0 Å². The molecule has 118 valence electrons. The van der Waals surface area contributed by atoms with Crippen LogP contribution in [0.1, 0.15) is 18.2 Å². The number of carbonyl (C=O) groups excluding carboxylic acids is 1. The molecule has 0 saturated carbocycles. The Morgan fingerprint density at radius 3 is 2.65 bits per heavy atom. The second-order valence-electron chi connectivity index (χ2n) is 5.51. The average molecular weight is 308 g/mol. The Labute approximate surface area is 135 Å². The number of H-pyrrole nitrogens is 1. The summed E-state index contributed by atoms with van der Waals surface area (Å²) in [6.07, 6.45) is 0.267. The molecule has 0 atom stereocenters. The number of carbonyl (C=O) groups is 1. The van der Waals surface area contributed by atoms with E-state index < -0.39 is 0 Å². The van der Waals surface area contributed by atoms with Crippen molar-refractivity contribution in [3.05, 3.63) is 59.8 Å². The fourth-order valence-corrected chi connectivity index (χ4v) is 2.55. The summed E-state index contributed by atoms with van der Waals surface area (Å²) in [4.78, 5) is 12.4. The maximum Gasteiger partial charge on any atom is 0.244 e. The van der Waals surface area contributed by atoms with Crippen LogP contribution in [-0.2, 0) is 11.2 Å². The molecule has 2 N–H and O–H groups in total. The molecule has 3 rings (SSSR count). The average Bonchev–Trinajstić information content (AvgIpc) is 2.97. The number of nitrogens with zero attached hydrogens (tertiary/aromatic N) is 2. The molecule has 0 aliphatic carbocycles. The lowest BCUT2D eigenvalue weighted by Crippen LogP contribution is -2.43. The van der Waals surface area contributed by atoms with Crippen molar-refractivity contribution in [2.75, 3.05) is 11.6 Å². The number of hydrogen-bond donors (Lipinski definition) is 2. The lowest BCUT2D eigenvalue weighted by atomic mass is 10.1. The van der Waals surface area contributed by atoms with E-state index in [0.29, 0.717) is 6.54 Å². The molecule has 0 fully saturated rings. The molecule has 5 heteroatoms. The van der Waals surface area contributed by atoms with Crippen LogP contribution in [0.4, 0.5) is 5.69 Å². The zero-order valence-corrected chi connectivity index (χ0v) is 13.3. The van der Waals surface area contributed by atoms with E-state index in [9.17, 15) is 4.79 Å². The fraction of sp³-hybridized carbons (Fsp3) is 0.222. The van der Waals surface area contributed by atoms with Crippen molar-refractivity contribution in [2.24, 2.45) is 0 Å². The Hall–Kier alpha value is -2.82. The topological polar surface area (TPSA) is 61.0 Å². The van der Waals surface area contributed by atoms with Crippen molar-refractivity contribution in [3.8, 4) is 0 Å². The number of benzene rings is 2. The minimum atomic E-state index is -0.0678. The first-order chi connectivity index (χ1) is 11.2. The molecule has 0 unspecified atom stereocenters. The van der Waals surface area contributed by atoms with Crippen LogP contribution in [0.15, 0.2) is 48.5 Å².